The molecule has 0 atom stereocenters. The standard InChI is InChI=1S/C22H31N5O2/c1-5-24-21(26-14-13-25-20(28)18-10-8-12-23-15-18)27-16-17-9-6-7-11-19(17)29-22(2,3)4/h6-12,15H,5,13-14,16H2,1-4H3,(H,25,28)(H2,24,26,27). The summed E-state index contributed by atoms with van der Waals surface area (Å²) in [5, 5.41) is 9.31. The number of nitrogens with zero attached hydrogens (tertiary/aromatic N) is 2. The average molecular weight is 398 g/mol. The van der Waals surface area contributed by atoms with E-state index < -0.39 is 0 Å². The SMILES string of the molecule is CCNC(=NCc1ccccc1OC(C)(C)C)NCCNC(=O)c1cccnc1. The van der Waals surface area contributed by atoms with Crippen LogP contribution in [0.15, 0.2) is 53.8 Å². The summed E-state index contributed by atoms with van der Waals surface area (Å²) < 4.78 is 6.03. The van der Waals surface area contributed by atoms with Gasteiger partial charge in [-0.2, -0.15) is 0 Å². The van der Waals surface area contributed by atoms with E-state index in [2.05, 4.69) is 25.9 Å². The molecule has 7 nitrogen and oxygen atoms in total. The molecule has 0 saturated carbocycles. The Labute approximate surface area is 173 Å². The summed E-state index contributed by atoms with van der Waals surface area (Å²) in [6, 6.07) is 11.4. The highest BCUT2D eigenvalue weighted by Crippen LogP contribution is 2.23. The predicted molar refractivity (Wildman–Crippen MR) is 116 cm³/mol. The minimum absolute atomic E-state index is 0.143. The van der Waals surface area contributed by atoms with Crippen molar-refractivity contribution in [2.45, 2.75) is 39.8 Å². The minimum Gasteiger partial charge on any atom is -0.488 e. The third kappa shape index (κ3) is 8.21. The number of amides is 1. The Morgan fingerprint density at radius 1 is 1.07 bits per heavy atom. The maximum absolute atomic E-state index is 12.0. The zero-order chi connectivity index (χ0) is 21.1. The number of aliphatic imine (C=N–C) groups is 1. The quantitative estimate of drug-likeness (QED) is 0.362. The van der Waals surface area contributed by atoms with Gasteiger partial charge in [-0.3, -0.25) is 9.78 Å². The molecule has 0 aliphatic heterocycles. The molecule has 0 saturated heterocycles. The number of ether oxygens (including phenoxy) is 1. The van der Waals surface area contributed by atoms with Crippen molar-refractivity contribution in [3.05, 3.63) is 59.9 Å². The highest BCUT2D eigenvalue weighted by atomic mass is 16.5. The van der Waals surface area contributed by atoms with Gasteiger partial charge in [0.15, 0.2) is 5.96 Å². The molecule has 0 aliphatic rings. The van der Waals surface area contributed by atoms with Crippen molar-refractivity contribution in [1.82, 2.24) is 20.9 Å². The summed E-state index contributed by atoms with van der Waals surface area (Å²) in [5.41, 5.74) is 1.29. The maximum atomic E-state index is 12.0. The summed E-state index contributed by atoms with van der Waals surface area (Å²) >= 11 is 0. The molecule has 3 N–H and O–H groups in total. The van der Waals surface area contributed by atoms with E-state index >= 15 is 0 Å². The first-order valence-corrected chi connectivity index (χ1v) is 9.86. The zero-order valence-electron chi connectivity index (χ0n) is 17.7. The van der Waals surface area contributed by atoms with Crippen LogP contribution in [0, 0.1) is 0 Å². The number of carbonyl (C=O) groups is 1. The van der Waals surface area contributed by atoms with Crippen molar-refractivity contribution in [1.29, 1.82) is 0 Å². The van der Waals surface area contributed by atoms with E-state index in [1.165, 1.54) is 0 Å². The van der Waals surface area contributed by atoms with Crippen LogP contribution in [0.3, 0.4) is 0 Å². The Kier molecular flexibility index (Phi) is 8.45. The van der Waals surface area contributed by atoms with Crippen LogP contribution >= 0.6 is 0 Å². The Bertz CT molecular complexity index is 800. The second kappa shape index (κ2) is 11.0. The Hall–Kier alpha value is -3.09. The van der Waals surface area contributed by atoms with Crippen molar-refractivity contribution >= 4 is 11.9 Å². The number of benzene rings is 1. The van der Waals surface area contributed by atoms with Crippen LogP contribution in [0.4, 0.5) is 0 Å². The molecule has 1 aromatic heterocycles. The van der Waals surface area contributed by atoms with E-state index in [-0.39, 0.29) is 11.5 Å². The van der Waals surface area contributed by atoms with Gasteiger partial charge in [0, 0.05) is 37.6 Å². The summed E-state index contributed by atoms with van der Waals surface area (Å²) in [6.45, 7) is 10.4. The number of hydrogen-bond acceptors (Lipinski definition) is 4. The largest absolute Gasteiger partial charge is 0.488 e. The second-order valence-corrected chi connectivity index (χ2v) is 7.44. The number of aromatic nitrogens is 1. The molecule has 7 heteroatoms. The zero-order valence-corrected chi connectivity index (χ0v) is 17.7. The van der Waals surface area contributed by atoms with Gasteiger partial charge in [0.05, 0.1) is 12.1 Å². The van der Waals surface area contributed by atoms with Crippen molar-refractivity contribution < 1.29 is 9.53 Å². The number of rotatable bonds is 8. The molecule has 0 spiro atoms. The van der Waals surface area contributed by atoms with Crippen LogP contribution < -0.4 is 20.7 Å². The lowest BCUT2D eigenvalue weighted by atomic mass is 10.1. The third-order valence-electron chi connectivity index (χ3n) is 3.77. The molecule has 2 rings (SSSR count). The molecule has 0 radical (unpaired) electrons. The molecule has 0 aliphatic carbocycles. The molecule has 29 heavy (non-hydrogen) atoms. The highest BCUT2D eigenvalue weighted by molar-refractivity contribution is 5.93. The smallest absolute Gasteiger partial charge is 0.252 e. The summed E-state index contributed by atoms with van der Waals surface area (Å²) in [6.07, 6.45) is 3.19. The molecule has 0 bridgehead atoms. The lowest BCUT2D eigenvalue weighted by Gasteiger charge is -2.23. The predicted octanol–water partition coefficient (Wildman–Crippen LogP) is 2.74. The monoisotopic (exact) mass is 397 g/mol. The first-order chi connectivity index (χ1) is 13.9. The van der Waals surface area contributed by atoms with E-state index in [1.807, 2.05) is 52.0 Å². The van der Waals surface area contributed by atoms with Crippen molar-refractivity contribution in [2.75, 3.05) is 19.6 Å². The molecule has 0 fully saturated rings. The third-order valence-corrected chi connectivity index (χ3v) is 3.77. The van der Waals surface area contributed by atoms with Gasteiger partial charge < -0.3 is 20.7 Å². The normalized spacial score (nSPS) is 11.7. The van der Waals surface area contributed by atoms with Gasteiger partial charge >= 0.3 is 0 Å². The van der Waals surface area contributed by atoms with Gasteiger partial charge in [-0.25, -0.2) is 4.99 Å². The molecule has 1 amide bonds. The molecule has 1 heterocycles. The van der Waals surface area contributed by atoms with E-state index in [4.69, 9.17) is 4.74 Å². The van der Waals surface area contributed by atoms with Crippen LogP contribution in [-0.4, -0.2) is 42.1 Å². The van der Waals surface area contributed by atoms with Gasteiger partial charge in [-0.15, -0.1) is 0 Å². The van der Waals surface area contributed by atoms with Gasteiger partial charge in [0.1, 0.15) is 11.4 Å². The highest BCUT2D eigenvalue weighted by Gasteiger charge is 2.14. The van der Waals surface area contributed by atoms with E-state index in [0.29, 0.717) is 31.2 Å². The molecule has 1 aromatic carbocycles. The number of para-hydroxylation sites is 1. The Morgan fingerprint density at radius 3 is 2.52 bits per heavy atom. The van der Waals surface area contributed by atoms with Crippen LogP contribution in [0.1, 0.15) is 43.6 Å². The van der Waals surface area contributed by atoms with E-state index in [9.17, 15) is 4.79 Å². The first kappa shape index (κ1) is 22.2. The Morgan fingerprint density at radius 2 is 1.83 bits per heavy atom. The fraction of sp³-hybridized carbons (Fsp3) is 0.409. The van der Waals surface area contributed by atoms with Crippen molar-refractivity contribution in [3.63, 3.8) is 0 Å². The number of hydrogen-bond donors (Lipinski definition) is 3. The number of carbonyl (C=O) groups excluding carboxylic acids is 1. The summed E-state index contributed by atoms with van der Waals surface area (Å²) in [7, 11) is 0. The fourth-order valence-electron chi connectivity index (χ4n) is 2.53. The van der Waals surface area contributed by atoms with Gasteiger partial charge in [-0.05, 0) is 45.9 Å². The number of pyridine rings is 1. The first-order valence-electron chi connectivity index (χ1n) is 9.86. The van der Waals surface area contributed by atoms with Crippen LogP contribution in [-0.2, 0) is 6.54 Å². The number of nitrogens with one attached hydrogen (secondary N) is 3. The van der Waals surface area contributed by atoms with Crippen LogP contribution in [0.25, 0.3) is 0 Å². The molecule has 156 valence electrons. The lowest BCUT2D eigenvalue weighted by molar-refractivity contribution is 0.0954. The minimum atomic E-state index is -0.269. The van der Waals surface area contributed by atoms with Gasteiger partial charge in [0.25, 0.3) is 5.91 Å². The fourth-order valence-corrected chi connectivity index (χ4v) is 2.53. The van der Waals surface area contributed by atoms with E-state index in [1.54, 1.807) is 24.5 Å². The molecular weight excluding hydrogens is 366 g/mol. The molecular formula is C22H31N5O2. The van der Waals surface area contributed by atoms with Crippen LogP contribution in [0.2, 0.25) is 0 Å². The maximum Gasteiger partial charge on any atom is 0.252 e. The molecule has 2 aromatic rings. The summed E-state index contributed by atoms with van der Waals surface area (Å²) in [5.74, 6) is 1.38. The van der Waals surface area contributed by atoms with Crippen LogP contribution in [0.5, 0.6) is 5.75 Å². The average Bonchev–Trinajstić information content (AvgIpc) is 2.69. The topological polar surface area (TPSA) is 87.6 Å². The van der Waals surface area contributed by atoms with E-state index in [0.717, 1.165) is 17.9 Å². The van der Waals surface area contributed by atoms with Crippen molar-refractivity contribution in [3.8, 4) is 5.75 Å². The van der Waals surface area contributed by atoms with Gasteiger partial charge in [0.2, 0.25) is 0 Å². The van der Waals surface area contributed by atoms with Crippen molar-refractivity contribution in [2.24, 2.45) is 4.99 Å². The second-order valence-electron chi connectivity index (χ2n) is 7.44. The van der Waals surface area contributed by atoms with Gasteiger partial charge in [-0.1, -0.05) is 18.2 Å². The summed E-state index contributed by atoms with van der Waals surface area (Å²) in [4.78, 5) is 20.6. The lowest BCUT2D eigenvalue weighted by Crippen LogP contribution is -2.41. The number of guanidine groups is 1. The Balaban J connectivity index is 1.89. The molecule has 0 unspecified atom stereocenters.